The summed E-state index contributed by atoms with van der Waals surface area (Å²) >= 11 is 0. The maximum absolute atomic E-state index is 12.2. The molecule has 1 N–H and O–H groups in total. The van der Waals surface area contributed by atoms with Crippen molar-refractivity contribution >= 4 is 5.91 Å². The molecule has 0 atom stereocenters. The Morgan fingerprint density at radius 2 is 1.70 bits per heavy atom. The van der Waals surface area contributed by atoms with Crippen LogP contribution in [0, 0.1) is 0 Å². The number of carbonyl (C=O) groups is 1. The maximum atomic E-state index is 12.2. The molecule has 2 aromatic carbocycles. The maximum Gasteiger partial charge on any atom is 0.260 e. The van der Waals surface area contributed by atoms with Crippen LogP contribution in [0.4, 0.5) is 0 Å². The Morgan fingerprint density at radius 3 is 2.43 bits per heavy atom. The Balaban J connectivity index is 1.66. The molecular weight excluding hydrogens is 290 g/mol. The van der Waals surface area contributed by atoms with Crippen molar-refractivity contribution < 1.29 is 14.6 Å². The normalized spacial score (nSPS) is 15.4. The SMILES string of the molecule is O=C(COc1ccccc1-c1ccccc1)N1CCC(O)CC1. The molecule has 23 heavy (non-hydrogen) atoms. The number of rotatable bonds is 4. The number of hydrogen-bond acceptors (Lipinski definition) is 3. The third kappa shape index (κ3) is 3.90. The molecule has 4 nitrogen and oxygen atoms in total. The van der Waals surface area contributed by atoms with Gasteiger partial charge in [-0.2, -0.15) is 0 Å². The molecule has 2 aromatic rings. The number of hydrogen-bond donors (Lipinski definition) is 1. The van der Waals surface area contributed by atoms with Gasteiger partial charge in [0.2, 0.25) is 0 Å². The van der Waals surface area contributed by atoms with E-state index in [-0.39, 0.29) is 18.6 Å². The van der Waals surface area contributed by atoms with Gasteiger partial charge in [0.1, 0.15) is 5.75 Å². The standard InChI is InChI=1S/C19H21NO3/c21-16-10-12-20(13-11-16)19(22)14-23-18-9-5-4-8-17(18)15-6-2-1-3-7-15/h1-9,16,21H,10-14H2. The van der Waals surface area contributed by atoms with E-state index in [1.165, 1.54) is 0 Å². The lowest BCUT2D eigenvalue weighted by Crippen LogP contribution is -2.42. The van der Waals surface area contributed by atoms with Crippen LogP contribution < -0.4 is 4.74 Å². The summed E-state index contributed by atoms with van der Waals surface area (Å²) in [7, 11) is 0. The highest BCUT2D eigenvalue weighted by Crippen LogP contribution is 2.29. The quantitative estimate of drug-likeness (QED) is 0.944. The van der Waals surface area contributed by atoms with Gasteiger partial charge in [0.05, 0.1) is 6.10 Å². The first-order valence-electron chi connectivity index (χ1n) is 7.97. The summed E-state index contributed by atoms with van der Waals surface area (Å²) < 4.78 is 5.78. The molecular formula is C19H21NO3. The molecule has 1 heterocycles. The number of para-hydroxylation sites is 1. The second-order valence-corrected chi connectivity index (χ2v) is 5.76. The van der Waals surface area contributed by atoms with E-state index >= 15 is 0 Å². The number of nitrogens with zero attached hydrogens (tertiary/aromatic N) is 1. The number of benzene rings is 2. The number of aliphatic hydroxyl groups excluding tert-OH is 1. The van der Waals surface area contributed by atoms with Gasteiger partial charge in [0.15, 0.2) is 6.61 Å². The minimum Gasteiger partial charge on any atom is -0.483 e. The fourth-order valence-corrected chi connectivity index (χ4v) is 2.79. The van der Waals surface area contributed by atoms with Crippen LogP contribution in [0.15, 0.2) is 54.6 Å². The minimum absolute atomic E-state index is 0.0277. The highest BCUT2D eigenvalue weighted by Gasteiger charge is 2.21. The number of likely N-dealkylation sites (tertiary alicyclic amines) is 1. The van der Waals surface area contributed by atoms with Gasteiger partial charge >= 0.3 is 0 Å². The Labute approximate surface area is 136 Å². The molecule has 0 bridgehead atoms. The first-order chi connectivity index (χ1) is 11.2. The number of ether oxygens (including phenoxy) is 1. The van der Waals surface area contributed by atoms with Crippen LogP contribution in [0.5, 0.6) is 5.75 Å². The zero-order chi connectivity index (χ0) is 16.1. The molecule has 1 saturated heterocycles. The van der Waals surface area contributed by atoms with Crippen LogP contribution >= 0.6 is 0 Å². The van der Waals surface area contributed by atoms with Crippen molar-refractivity contribution in [1.29, 1.82) is 0 Å². The van der Waals surface area contributed by atoms with E-state index in [1.54, 1.807) is 4.90 Å². The molecule has 3 rings (SSSR count). The molecule has 0 aliphatic carbocycles. The van der Waals surface area contributed by atoms with Gasteiger partial charge in [-0.3, -0.25) is 4.79 Å². The second kappa shape index (κ2) is 7.29. The molecule has 1 amide bonds. The lowest BCUT2D eigenvalue weighted by atomic mass is 10.1. The Morgan fingerprint density at radius 1 is 1.04 bits per heavy atom. The summed E-state index contributed by atoms with van der Waals surface area (Å²) in [4.78, 5) is 14.0. The lowest BCUT2D eigenvalue weighted by Gasteiger charge is -2.29. The van der Waals surface area contributed by atoms with Gasteiger partial charge < -0.3 is 14.7 Å². The van der Waals surface area contributed by atoms with Crippen molar-refractivity contribution in [1.82, 2.24) is 4.90 Å². The van der Waals surface area contributed by atoms with Gasteiger partial charge in [-0.05, 0) is 24.5 Å². The monoisotopic (exact) mass is 311 g/mol. The predicted octanol–water partition coefficient (Wildman–Crippen LogP) is 2.72. The topological polar surface area (TPSA) is 49.8 Å². The largest absolute Gasteiger partial charge is 0.483 e. The second-order valence-electron chi connectivity index (χ2n) is 5.76. The molecule has 1 aliphatic heterocycles. The Hall–Kier alpha value is -2.33. The van der Waals surface area contributed by atoms with Crippen LogP contribution in [-0.2, 0) is 4.79 Å². The van der Waals surface area contributed by atoms with Crippen LogP contribution in [-0.4, -0.2) is 41.7 Å². The minimum atomic E-state index is -0.279. The fourth-order valence-electron chi connectivity index (χ4n) is 2.79. The van der Waals surface area contributed by atoms with Crippen LogP contribution in [0.3, 0.4) is 0 Å². The van der Waals surface area contributed by atoms with Gasteiger partial charge in [-0.15, -0.1) is 0 Å². The summed E-state index contributed by atoms with van der Waals surface area (Å²) in [6.07, 6.45) is 1.01. The molecule has 1 fully saturated rings. The molecule has 120 valence electrons. The molecule has 0 spiro atoms. The van der Waals surface area contributed by atoms with E-state index in [1.807, 2.05) is 54.6 Å². The van der Waals surface area contributed by atoms with Crippen molar-refractivity contribution in [3.63, 3.8) is 0 Å². The number of amides is 1. The zero-order valence-corrected chi connectivity index (χ0v) is 13.0. The van der Waals surface area contributed by atoms with E-state index in [9.17, 15) is 9.90 Å². The summed E-state index contributed by atoms with van der Waals surface area (Å²) in [5.41, 5.74) is 2.05. The number of piperidine rings is 1. The lowest BCUT2D eigenvalue weighted by molar-refractivity contribution is -0.135. The highest BCUT2D eigenvalue weighted by molar-refractivity contribution is 5.78. The summed E-state index contributed by atoms with van der Waals surface area (Å²) in [5, 5.41) is 9.51. The van der Waals surface area contributed by atoms with Crippen molar-refractivity contribution in [2.24, 2.45) is 0 Å². The Bertz CT molecular complexity index is 649. The molecule has 0 unspecified atom stereocenters. The van der Waals surface area contributed by atoms with Crippen molar-refractivity contribution in [2.75, 3.05) is 19.7 Å². The number of aliphatic hydroxyl groups is 1. The average molecular weight is 311 g/mol. The van der Waals surface area contributed by atoms with Gasteiger partial charge in [-0.25, -0.2) is 0 Å². The molecule has 4 heteroatoms. The fraction of sp³-hybridized carbons (Fsp3) is 0.316. The van der Waals surface area contributed by atoms with Crippen LogP contribution in [0.2, 0.25) is 0 Å². The first-order valence-corrected chi connectivity index (χ1v) is 7.97. The average Bonchev–Trinajstić information content (AvgIpc) is 2.61. The van der Waals surface area contributed by atoms with Crippen molar-refractivity contribution in [2.45, 2.75) is 18.9 Å². The first kappa shape index (κ1) is 15.6. The van der Waals surface area contributed by atoms with Gasteiger partial charge in [0.25, 0.3) is 5.91 Å². The molecule has 0 saturated carbocycles. The summed E-state index contributed by atoms with van der Waals surface area (Å²) in [6.45, 7) is 1.23. The molecule has 1 aliphatic rings. The van der Waals surface area contributed by atoms with E-state index in [0.717, 1.165) is 11.1 Å². The van der Waals surface area contributed by atoms with Gasteiger partial charge in [0, 0.05) is 18.7 Å². The molecule has 0 aromatic heterocycles. The number of carbonyl (C=O) groups excluding carboxylic acids is 1. The third-order valence-electron chi connectivity index (χ3n) is 4.14. The van der Waals surface area contributed by atoms with Gasteiger partial charge in [-0.1, -0.05) is 48.5 Å². The van der Waals surface area contributed by atoms with Crippen molar-refractivity contribution in [3.05, 3.63) is 54.6 Å². The smallest absolute Gasteiger partial charge is 0.260 e. The highest BCUT2D eigenvalue weighted by atomic mass is 16.5. The van der Waals surface area contributed by atoms with E-state index in [2.05, 4.69) is 0 Å². The summed E-state index contributed by atoms with van der Waals surface area (Å²) in [5.74, 6) is 0.684. The predicted molar refractivity (Wildman–Crippen MR) is 89.2 cm³/mol. The van der Waals surface area contributed by atoms with E-state index in [4.69, 9.17) is 4.74 Å². The van der Waals surface area contributed by atoms with Crippen molar-refractivity contribution in [3.8, 4) is 16.9 Å². The zero-order valence-electron chi connectivity index (χ0n) is 13.0. The van der Waals surface area contributed by atoms with E-state index in [0.29, 0.717) is 31.7 Å². The molecule has 0 radical (unpaired) electrons. The van der Waals surface area contributed by atoms with Crippen LogP contribution in [0.25, 0.3) is 11.1 Å². The van der Waals surface area contributed by atoms with E-state index < -0.39 is 0 Å². The van der Waals surface area contributed by atoms with Crippen LogP contribution in [0.1, 0.15) is 12.8 Å². The summed E-state index contributed by atoms with van der Waals surface area (Å²) in [6, 6.07) is 17.7. The Kier molecular flexibility index (Phi) is 4.93. The third-order valence-corrected chi connectivity index (χ3v) is 4.14.